The summed E-state index contributed by atoms with van der Waals surface area (Å²) in [5.41, 5.74) is 5.01. The molecule has 8 heavy (non-hydrogen) atoms. The van der Waals surface area contributed by atoms with Crippen molar-refractivity contribution in [3.8, 4) is 0 Å². The van der Waals surface area contributed by atoms with E-state index in [0.717, 1.165) is 6.42 Å². The first-order valence-corrected chi connectivity index (χ1v) is 2.70. The van der Waals surface area contributed by atoms with Crippen LogP contribution in [0.25, 0.3) is 0 Å². The van der Waals surface area contributed by atoms with Crippen molar-refractivity contribution in [2.45, 2.75) is 26.0 Å². The molecule has 0 radical (unpaired) electrons. The Kier molecular flexibility index (Phi) is 2.55. The highest BCUT2D eigenvalue weighted by molar-refractivity contribution is 4.67. The van der Waals surface area contributed by atoms with Gasteiger partial charge in [-0.1, -0.05) is 13.5 Å². The van der Waals surface area contributed by atoms with Crippen LogP contribution in [0, 0.1) is 0 Å². The van der Waals surface area contributed by atoms with E-state index in [1.54, 1.807) is 0 Å². The fourth-order valence-electron chi connectivity index (χ4n) is 0.274. The Hall–Kier alpha value is -0.500. The van der Waals surface area contributed by atoms with Gasteiger partial charge in [-0.05, 0) is 13.3 Å². The molecule has 48 valence electrons. The van der Waals surface area contributed by atoms with Gasteiger partial charge in [-0.3, -0.25) is 5.73 Å². The van der Waals surface area contributed by atoms with Crippen LogP contribution in [0.3, 0.4) is 0 Å². The summed E-state index contributed by atoms with van der Waals surface area (Å²) in [6.45, 7) is 7.17. The molecule has 2 heteroatoms. The molecule has 0 heterocycles. The van der Waals surface area contributed by atoms with E-state index in [1.807, 2.05) is 13.8 Å². The van der Waals surface area contributed by atoms with Crippen molar-refractivity contribution in [1.82, 2.24) is 0 Å². The van der Waals surface area contributed by atoms with Crippen molar-refractivity contribution in [2.75, 3.05) is 0 Å². The van der Waals surface area contributed by atoms with Gasteiger partial charge in [-0.25, -0.2) is 0 Å². The summed E-state index contributed by atoms with van der Waals surface area (Å²) >= 11 is 0. The molecule has 0 aliphatic heterocycles. The second-order valence-electron chi connectivity index (χ2n) is 1.95. The summed E-state index contributed by atoms with van der Waals surface area (Å²) in [5, 5.41) is 0. The molecule has 0 spiro atoms. The van der Waals surface area contributed by atoms with Gasteiger partial charge in [0.25, 0.3) is 0 Å². The van der Waals surface area contributed by atoms with Crippen LogP contribution in [0.4, 0.5) is 0 Å². The summed E-state index contributed by atoms with van der Waals surface area (Å²) < 4.78 is 4.92. The summed E-state index contributed by atoms with van der Waals surface area (Å²) in [5.74, 6) is 0. The van der Waals surface area contributed by atoms with Gasteiger partial charge in [0.15, 0.2) is 5.72 Å². The molecule has 0 aliphatic carbocycles. The molecule has 1 atom stereocenters. The van der Waals surface area contributed by atoms with Gasteiger partial charge in [0.05, 0.1) is 6.26 Å². The Bertz CT molecular complexity index is 78.6. The molecule has 2 N–H and O–H groups in total. The summed E-state index contributed by atoms with van der Waals surface area (Å²) in [4.78, 5) is 0. The van der Waals surface area contributed by atoms with E-state index < -0.39 is 5.72 Å². The first-order chi connectivity index (χ1) is 3.62. The fraction of sp³-hybridized carbons (Fsp3) is 0.667. The molecule has 0 saturated heterocycles. The third-order valence-corrected chi connectivity index (χ3v) is 1.05. The Morgan fingerprint density at radius 1 is 1.88 bits per heavy atom. The van der Waals surface area contributed by atoms with Crippen LogP contribution in [0.2, 0.25) is 0 Å². The Labute approximate surface area is 50.3 Å². The molecular weight excluding hydrogens is 102 g/mol. The monoisotopic (exact) mass is 115 g/mol. The summed E-state index contributed by atoms with van der Waals surface area (Å²) in [6.07, 6.45) is 2.16. The quantitative estimate of drug-likeness (QED) is 0.443. The number of nitrogens with two attached hydrogens (primary N) is 1. The van der Waals surface area contributed by atoms with Crippen molar-refractivity contribution in [3.63, 3.8) is 0 Å². The Morgan fingerprint density at radius 2 is 2.38 bits per heavy atom. The second kappa shape index (κ2) is 2.72. The van der Waals surface area contributed by atoms with Crippen molar-refractivity contribution in [1.29, 1.82) is 0 Å². The average molecular weight is 115 g/mol. The number of hydrogen-bond acceptors (Lipinski definition) is 2. The first-order valence-electron chi connectivity index (χ1n) is 2.70. The number of rotatable bonds is 3. The van der Waals surface area contributed by atoms with Crippen LogP contribution in [0.1, 0.15) is 20.3 Å². The summed E-state index contributed by atoms with van der Waals surface area (Å²) in [7, 11) is 0. The molecular formula is C6H13NO. The van der Waals surface area contributed by atoms with E-state index in [9.17, 15) is 0 Å². The lowest BCUT2D eigenvalue weighted by atomic mass is 10.2. The molecule has 0 rings (SSSR count). The van der Waals surface area contributed by atoms with Crippen LogP contribution in [-0.4, -0.2) is 5.72 Å². The predicted molar refractivity (Wildman–Crippen MR) is 34.2 cm³/mol. The van der Waals surface area contributed by atoms with Gasteiger partial charge >= 0.3 is 0 Å². The molecule has 2 nitrogen and oxygen atoms in total. The molecule has 0 aliphatic rings. The number of hydrogen-bond donors (Lipinski definition) is 1. The topological polar surface area (TPSA) is 35.2 Å². The predicted octanol–water partition coefficient (Wildman–Crippen LogP) is 1.23. The van der Waals surface area contributed by atoms with E-state index in [2.05, 4.69) is 6.58 Å². The minimum atomic E-state index is -0.526. The zero-order chi connectivity index (χ0) is 6.62. The van der Waals surface area contributed by atoms with Gasteiger partial charge in [-0.2, -0.15) is 0 Å². The standard InChI is InChI=1S/C6H13NO/c1-4-6(3,7)8-5-2/h5H,2,4,7H2,1,3H3. The maximum atomic E-state index is 5.53. The molecule has 0 amide bonds. The highest BCUT2D eigenvalue weighted by atomic mass is 16.5. The smallest absolute Gasteiger partial charge is 0.154 e. The molecule has 1 unspecified atom stereocenters. The van der Waals surface area contributed by atoms with Crippen LogP contribution in [-0.2, 0) is 4.74 Å². The van der Waals surface area contributed by atoms with Crippen molar-refractivity contribution in [2.24, 2.45) is 5.73 Å². The third-order valence-electron chi connectivity index (χ3n) is 1.05. The first kappa shape index (κ1) is 7.50. The van der Waals surface area contributed by atoms with E-state index in [1.165, 1.54) is 6.26 Å². The maximum absolute atomic E-state index is 5.53. The lowest BCUT2D eigenvalue weighted by Gasteiger charge is -2.21. The van der Waals surface area contributed by atoms with Crippen LogP contribution in [0.5, 0.6) is 0 Å². The highest BCUT2D eigenvalue weighted by Gasteiger charge is 2.13. The zero-order valence-corrected chi connectivity index (χ0v) is 5.48. The van der Waals surface area contributed by atoms with Gasteiger partial charge in [0, 0.05) is 0 Å². The molecule has 0 saturated carbocycles. The Balaban J connectivity index is 3.53. The SMILES string of the molecule is C=COC(C)(N)CC. The molecule has 0 fully saturated rings. The van der Waals surface area contributed by atoms with E-state index in [0.29, 0.717) is 0 Å². The second-order valence-corrected chi connectivity index (χ2v) is 1.95. The fourth-order valence-corrected chi connectivity index (χ4v) is 0.274. The van der Waals surface area contributed by atoms with Crippen LogP contribution in [0.15, 0.2) is 12.8 Å². The van der Waals surface area contributed by atoms with Crippen LogP contribution < -0.4 is 5.73 Å². The lowest BCUT2D eigenvalue weighted by Crippen LogP contribution is -2.36. The van der Waals surface area contributed by atoms with Crippen molar-refractivity contribution >= 4 is 0 Å². The molecule has 0 aromatic rings. The Morgan fingerprint density at radius 3 is 2.50 bits per heavy atom. The van der Waals surface area contributed by atoms with Gasteiger partial charge in [-0.15, -0.1) is 0 Å². The van der Waals surface area contributed by atoms with Gasteiger partial charge < -0.3 is 4.74 Å². The maximum Gasteiger partial charge on any atom is 0.154 e. The lowest BCUT2D eigenvalue weighted by molar-refractivity contribution is 0.0428. The largest absolute Gasteiger partial charge is 0.482 e. The van der Waals surface area contributed by atoms with Gasteiger partial charge in [0.1, 0.15) is 0 Å². The number of ether oxygens (including phenoxy) is 1. The zero-order valence-electron chi connectivity index (χ0n) is 5.48. The minimum absolute atomic E-state index is 0.526. The van der Waals surface area contributed by atoms with Crippen molar-refractivity contribution in [3.05, 3.63) is 12.8 Å². The minimum Gasteiger partial charge on any atom is -0.482 e. The van der Waals surface area contributed by atoms with Crippen LogP contribution >= 0.6 is 0 Å². The van der Waals surface area contributed by atoms with E-state index >= 15 is 0 Å². The van der Waals surface area contributed by atoms with Crippen molar-refractivity contribution < 1.29 is 4.74 Å². The normalized spacial score (nSPS) is 16.9. The molecule has 0 aromatic heterocycles. The summed E-state index contributed by atoms with van der Waals surface area (Å²) in [6, 6.07) is 0. The highest BCUT2D eigenvalue weighted by Crippen LogP contribution is 2.05. The third kappa shape index (κ3) is 2.64. The molecule has 0 bridgehead atoms. The van der Waals surface area contributed by atoms with E-state index in [4.69, 9.17) is 10.5 Å². The van der Waals surface area contributed by atoms with Gasteiger partial charge in [0.2, 0.25) is 0 Å². The molecule has 0 aromatic carbocycles. The average Bonchev–Trinajstić information content (AvgIpc) is 1.67. The van der Waals surface area contributed by atoms with E-state index in [-0.39, 0.29) is 0 Å².